The number of carbonyl (C=O) groups excluding carboxylic acids is 1. The van der Waals surface area contributed by atoms with E-state index in [0.717, 1.165) is 0 Å². The van der Waals surface area contributed by atoms with Crippen LogP contribution in [0.3, 0.4) is 0 Å². The fraction of sp³-hybridized carbons (Fsp3) is 0.467. The normalized spacial score (nSPS) is 12.9. The maximum absolute atomic E-state index is 12.5. The van der Waals surface area contributed by atoms with Gasteiger partial charge in [-0.05, 0) is 47.4 Å². The second-order valence-corrected chi connectivity index (χ2v) is 6.75. The van der Waals surface area contributed by atoms with Crippen LogP contribution in [-0.4, -0.2) is 43.9 Å². The van der Waals surface area contributed by atoms with Crippen LogP contribution in [0.5, 0.6) is 0 Å². The van der Waals surface area contributed by atoms with Crippen LogP contribution in [0.15, 0.2) is 24.5 Å². The van der Waals surface area contributed by atoms with E-state index in [-0.39, 0.29) is 11.3 Å². The molecule has 2 N–H and O–H groups in total. The summed E-state index contributed by atoms with van der Waals surface area (Å²) in [7, 11) is 0. The first-order chi connectivity index (χ1) is 10.8. The highest BCUT2D eigenvalue weighted by Gasteiger charge is 2.22. The third kappa shape index (κ3) is 4.74. The molecule has 8 heteroatoms. The number of nitrogens with one attached hydrogen (secondary N) is 1. The molecule has 0 saturated heterocycles. The van der Waals surface area contributed by atoms with E-state index in [1.54, 1.807) is 25.1 Å². The van der Waals surface area contributed by atoms with Gasteiger partial charge in [-0.2, -0.15) is 4.68 Å². The Morgan fingerprint density at radius 2 is 2.22 bits per heavy atom. The number of aliphatic hydroxyl groups is 1. The van der Waals surface area contributed by atoms with E-state index in [2.05, 4.69) is 20.8 Å². The zero-order valence-corrected chi connectivity index (χ0v) is 14.1. The number of halogens is 1. The van der Waals surface area contributed by atoms with Gasteiger partial charge in [0.1, 0.15) is 6.33 Å². The number of hydrogen-bond acceptors (Lipinski definition) is 5. The number of nitrogens with zero attached hydrogens (tertiary/aromatic N) is 4. The van der Waals surface area contributed by atoms with E-state index >= 15 is 0 Å². The van der Waals surface area contributed by atoms with Gasteiger partial charge in [0.15, 0.2) is 0 Å². The fourth-order valence-electron chi connectivity index (χ4n) is 2.45. The molecule has 2 rings (SSSR count). The Bertz CT molecular complexity index is 671. The summed E-state index contributed by atoms with van der Waals surface area (Å²) in [4.78, 5) is 12.5. The summed E-state index contributed by atoms with van der Waals surface area (Å²) in [5.74, 6) is -0.267. The maximum Gasteiger partial charge on any atom is 0.253 e. The van der Waals surface area contributed by atoms with E-state index in [9.17, 15) is 9.90 Å². The molecule has 7 nitrogen and oxygen atoms in total. The van der Waals surface area contributed by atoms with E-state index < -0.39 is 6.10 Å². The molecule has 23 heavy (non-hydrogen) atoms. The highest BCUT2D eigenvalue weighted by Crippen LogP contribution is 2.22. The van der Waals surface area contributed by atoms with Crippen molar-refractivity contribution in [3.05, 3.63) is 35.1 Å². The van der Waals surface area contributed by atoms with E-state index in [0.29, 0.717) is 29.2 Å². The van der Waals surface area contributed by atoms with E-state index in [1.807, 2.05) is 13.8 Å². The molecule has 0 bridgehead atoms. The first-order valence-corrected chi connectivity index (χ1v) is 7.65. The lowest BCUT2D eigenvalue weighted by molar-refractivity contribution is 0.0902. The lowest BCUT2D eigenvalue weighted by atomic mass is 9.87. The summed E-state index contributed by atoms with van der Waals surface area (Å²) in [6.45, 7) is 6.13. The molecule has 124 valence electrons. The summed E-state index contributed by atoms with van der Waals surface area (Å²) in [5, 5.41) is 23.8. The summed E-state index contributed by atoms with van der Waals surface area (Å²) < 4.78 is 1.41. The van der Waals surface area contributed by atoms with Crippen LogP contribution >= 0.6 is 11.6 Å². The standard InChI is InChI=1S/C15H20ClN5O2/c1-10(22)7-15(2,3)8-17-14(23)12-6-11(16)4-5-13(12)21-9-18-19-20-21/h4-6,9-10,22H,7-8H2,1-3H3,(H,17,23). The van der Waals surface area contributed by atoms with Gasteiger partial charge in [-0.15, -0.1) is 5.10 Å². The predicted octanol–water partition coefficient (Wildman–Crippen LogP) is 1.84. The Labute approximate surface area is 139 Å². The van der Waals surface area contributed by atoms with Crippen LogP contribution in [-0.2, 0) is 0 Å². The molecule has 0 fully saturated rings. The number of aromatic nitrogens is 4. The number of benzene rings is 1. The lowest BCUT2D eigenvalue weighted by Gasteiger charge is -2.26. The van der Waals surface area contributed by atoms with Crippen molar-refractivity contribution in [2.75, 3.05) is 6.54 Å². The minimum Gasteiger partial charge on any atom is -0.393 e. The second-order valence-electron chi connectivity index (χ2n) is 6.32. The van der Waals surface area contributed by atoms with Crippen molar-refractivity contribution in [1.29, 1.82) is 0 Å². The smallest absolute Gasteiger partial charge is 0.253 e. The summed E-state index contributed by atoms with van der Waals surface area (Å²) >= 11 is 6.01. The van der Waals surface area contributed by atoms with Gasteiger partial charge in [-0.3, -0.25) is 4.79 Å². The first kappa shape index (κ1) is 17.4. The average Bonchev–Trinajstić information content (AvgIpc) is 2.97. The zero-order valence-electron chi connectivity index (χ0n) is 13.3. The predicted molar refractivity (Wildman–Crippen MR) is 86.6 cm³/mol. The van der Waals surface area contributed by atoms with Crippen LogP contribution in [0.1, 0.15) is 37.6 Å². The van der Waals surface area contributed by atoms with Crippen LogP contribution < -0.4 is 5.32 Å². The number of tetrazole rings is 1. The van der Waals surface area contributed by atoms with Crippen molar-refractivity contribution in [2.24, 2.45) is 5.41 Å². The highest BCUT2D eigenvalue weighted by atomic mass is 35.5. The van der Waals surface area contributed by atoms with Crippen molar-refractivity contribution in [1.82, 2.24) is 25.5 Å². The van der Waals surface area contributed by atoms with Crippen LogP contribution in [0.25, 0.3) is 5.69 Å². The van der Waals surface area contributed by atoms with Crippen LogP contribution in [0.4, 0.5) is 0 Å². The number of amides is 1. The molecule has 1 amide bonds. The average molecular weight is 338 g/mol. The molecule has 1 aromatic heterocycles. The van der Waals surface area contributed by atoms with Crippen LogP contribution in [0, 0.1) is 5.41 Å². The molecule has 0 saturated carbocycles. The van der Waals surface area contributed by atoms with Gasteiger partial charge in [0.05, 0.1) is 17.4 Å². The van der Waals surface area contributed by atoms with Gasteiger partial charge in [0.2, 0.25) is 0 Å². The molecular weight excluding hydrogens is 318 g/mol. The summed E-state index contributed by atoms with van der Waals surface area (Å²) in [5.41, 5.74) is 0.708. The van der Waals surface area contributed by atoms with Gasteiger partial charge < -0.3 is 10.4 Å². The SMILES string of the molecule is CC(O)CC(C)(C)CNC(=O)c1cc(Cl)ccc1-n1cnnn1. The Hall–Kier alpha value is -1.99. The fourth-order valence-corrected chi connectivity index (χ4v) is 2.62. The van der Waals surface area contributed by atoms with Crippen molar-refractivity contribution in [3.63, 3.8) is 0 Å². The molecule has 1 unspecified atom stereocenters. The topological polar surface area (TPSA) is 92.9 Å². The van der Waals surface area contributed by atoms with Gasteiger partial charge in [0.25, 0.3) is 5.91 Å². The van der Waals surface area contributed by atoms with Gasteiger partial charge in [0, 0.05) is 11.6 Å². The quantitative estimate of drug-likeness (QED) is 0.839. The Morgan fingerprint density at radius 1 is 1.48 bits per heavy atom. The molecule has 0 spiro atoms. The van der Waals surface area contributed by atoms with Gasteiger partial charge >= 0.3 is 0 Å². The van der Waals surface area contributed by atoms with Crippen molar-refractivity contribution >= 4 is 17.5 Å². The number of aliphatic hydroxyl groups excluding tert-OH is 1. The third-order valence-electron chi connectivity index (χ3n) is 3.37. The first-order valence-electron chi connectivity index (χ1n) is 7.28. The minimum absolute atomic E-state index is 0.225. The maximum atomic E-state index is 12.5. The number of carbonyl (C=O) groups is 1. The van der Waals surface area contributed by atoms with E-state index in [4.69, 9.17) is 11.6 Å². The molecule has 0 radical (unpaired) electrons. The molecule has 0 aliphatic heterocycles. The van der Waals surface area contributed by atoms with Gasteiger partial charge in [-0.1, -0.05) is 25.4 Å². The minimum atomic E-state index is -0.426. The highest BCUT2D eigenvalue weighted by molar-refractivity contribution is 6.31. The number of rotatable bonds is 6. The molecule has 2 aromatic rings. The van der Waals surface area contributed by atoms with Crippen molar-refractivity contribution in [2.45, 2.75) is 33.3 Å². The summed E-state index contributed by atoms with van der Waals surface area (Å²) in [6, 6.07) is 4.94. The molecule has 0 aliphatic carbocycles. The van der Waals surface area contributed by atoms with Crippen LogP contribution in [0.2, 0.25) is 5.02 Å². The molecular formula is C15H20ClN5O2. The molecule has 1 aromatic carbocycles. The monoisotopic (exact) mass is 337 g/mol. The molecule has 1 atom stereocenters. The zero-order chi connectivity index (χ0) is 17.0. The Kier molecular flexibility index (Phi) is 5.33. The Morgan fingerprint density at radius 3 is 2.83 bits per heavy atom. The van der Waals surface area contributed by atoms with Gasteiger partial charge in [-0.25, -0.2) is 0 Å². The Balaban J connectivity index is 2.18. The lowest BCUT2D eigenvalue weighted by Crippen LogP contribution is -2.36. The molecule has 0 aliphatic rings. The van der Waals surface area contributed by atoms with Crippen molar-refractivity contribution in [3.8, 4) is 5.69 Å². The second kappa shape index (κ2) is 7.06. The molecule has 1 heterocycles. The summed E-state index contributed by atoms with van der Waals surface area (Å²) in [6.07, 6.45) is 1.57. The largest absolute Gasteiger partial charge is 0.393 e. The number of hydrogen-bond donors (Lipinski definition) is 2. The third-order valence-corrected chi connectivity index (χ3v) is 3.61. The van der Waals surface area contributed by atoms with Crippen molar-refractivity contribution < 1.29 is 9.90 Å². The van der Waals surface area contributed by atoms with E-state index in [1.165, 1.54) is 11.0 Å².